The zero-order valence-electron chi connectivity index (χ0n) is 7.10. The van der Waals surface area contributed by atoms with Crippen LogP contribution >= 0.6 is 0 Å². The lowest BCUT2D eigenvalue weighted by Gasteiger charge is -2.28. The van der Waals surface area contributed by atoms with Crippen molar-refractivity contribution >= 4 is 0 Å². The zero-order chi connectivity index (χ0) is 7.52. The fourth-order valence-electron chi connectivity index (χ4n) is 2.34. The van der Waals surface area contributed by atoms with E-state index in [1.165, 1.54) is 45.3 Å². The van der Waals surface area contributed by atoms with Gasteiger partial charge in [-0.2, -0.15) is 0 Å². The lowest BCUT2D eigenvalue weighted by Crippen LogP contribution is -2.40. The van der Waals surface area contributed by atoms with Gasteiger partial charge in [0.2, 0.25) is 0 Å². The number of rotatable bonds is 1. The van der Waals surface area contributed by atoms with E-state index >= 15 is 0 Å². The average molecular weight is 154 g/mol. The van der Waals surface area contributed by atoms with Gasteiger partial charge in [0.25, 0.3) is 0 Å². The van der Waals surface area contributed by atoms with Gasteiger partial charge in [-0.3, -0.25) is 0 Å². The number of nitrogens with one attached hydrogen (secondary N) is 2. The van der Waals surface area contributed by atoms with Crippen LogP contribution in [0.25, 0.3) is 0 Å². The Labute approximate surface area is 68.7 Å². The summed E-state index contributed by atoms with van der Waals surface area (Å²) in [6, 6.07) is 0.836. The van der Waals surface area contributed by atoms with E-state index in [1.807, 2.05) is 0 Å². The Kier molecular flexibility index (Phi) is 2.44. The molecule has 64 valence electrons. The highest BCUT2D eigenvalue weighted by molar-refractivity contribution is 4.84. The summed E-state index contributed by atoms with van der Waals surface area (Å²) < 4.78 is 0. The second-order valence-electron chi connectivity index (χ2n) is 3.81. The summed E-state index contributed by atoms with van der Waals surface area (Å²) in [7, 11) is 0. The minimum atomic E-state index is 0.836. The molecule has 0 aromatic carbocycles. The minimum absolute atomic E-state index is 0.836. The van der Waals surface area contributed by atoms with Gasteiger partial charge in [-0.25, -0.2) is 0 Å². The highest BCUT2D eigenvalue weighted by Crippen LogP contribution is 2.20. The van der Waals surface area contributed by atoms with E-state index in [0.29, 0.717) is 0 Å². The molecule has 2 rings (SSSR count). The summed E-state index contributed by atoms with van der Waals surface area (Å²) in [5.41, 5.74) is 0. The summed E-state index contributed by atoms with van der Waals surface area (Å²) in [5, 5.41) is 7.06. The van der Waals surface area contributed by atoms with Crippen molar-refractivity contribution in [2.24, 2.45) is 5.92 Å². The molecule has 0 unspecified atom stereocenters. The molecule has 0 aromatic heterocycles. The summed E-state index contributed by atoms with van der Waals surface area (Å²) in [5.74, 6) is 0.922. The van der Waals surface area contributed by atoms with Gasteiger partial charge in [0.1, 0.15) is 0 Å². The van der Waals surface area contributed by atoms with E-state index in [2.05, 4.69) is 10.6 Å². The van der Waals surface area contributed by atoms with Crippen LogP contribution in [0.5, 0.6) is 0 Å². The number of piperidine rings is 1. The second-order valence-corrected chi connectivity index (χ2v) is 3.81. The van der Waals surface area contributed by atoms with E-state index in [1.54, 1.807) is 0 Å². The van der Waals surface area contributed by atoms with Crippen LogP contribution in [0.1, 0.15) is 25.7 Å². The highest BCUT2D eigenvalue weighted by Gasteiger charge is 2.25. The largest absolute Gasteiger partial charge is 0.316 e. The Morgan fingerprint density at radius 1 is 1.00 bits per heavy atom. The third-order valence-corrected chi connectivity index (χ3v) is 3.00. The quantitative estimate of drug-likeness (QED) is 0.582. The fraction of sp³-hybridized carbons (Fsp3) is 1.00. The molecule has 0 bridgehead atoms. The molecule has 0 spiro atoms. The predicted molar refractivity (Wildman–Crippen MR) is 46.6 cm³/mol. The van der Waals surface area contributed by atoms with Crippen molar-refractivity contribution in [3.05, 3.63) is 0 Å². The average Bonchev–Trinajstić information content (AvgIpc) is 2.58. The maximum Gasteiger partial charge on any atom is 0.0108 e. The molecule has 0 radical (unpaired) electrons. The van der Waals surface area contributed by atoms with Gasteiger partial charge in [0.15, 0.2) is 0 Å². The lowest BCUT2D eigenvalue weighted by atomic mass is 9.91. The van der Waals surface area contributed by atoms with E-state index in [9.17, 15) is 0 Å². The van der Waals surface area contributed by atoms with Gasteiger partial charge in [-0.1, -0.05) is 0 Å². The third-order valence-electron chi connectivity index (χ3n) is 3.00. The van der Waals surface area contributed by atoms with E-state index in [-0.39, 0.29) is 0 Å². The molecule has 2 aliphatic heterocycles. The molecule has 0 aliphatic carbocycles. The topological polar surface area (TPSA) is 24.1 Å². The first kappa shape index (κ1) is 7.56. The number of hydrogen-bond donors (Lipinski definition) is 2. The Morgan fingerprint density at radius 2 is 1.91 bits per heavy atom. The van der Waals surface area contributed by atoms with Crippen molar-refractivity contribution < 1.29 is 0 Å². The highest BCUT2D eigenvalue weighted by atomic mass is 15.0. The second kappa shape index (κ2) is 3.55. The Morgan fingerprint density at radius 3 is 2.55 bits per heavy atom. The van der Waals surface area contributed by atoms with Crippen LogP contribution in [0.3, 0.4) is 0 Å². The first-order valence-corrected chi connectivity index (χ1v) is 4.91. The molecule has 2 N–H and O–H groups in total. The molecule has 2 heteroatoms. The van der Waals surface area contributed by atoms with Crippen LogP contribution in [-0.2, 0) is 0 Å². The third kappa shape index (κ3) is 1.74. The van der Waals surface area contributed by atoms with Crippen molar-refractivity contribution in [3.63, 3.8) is 0 Å². The van der Waals surface area contributed by atoms with Crippen molar-refractivity contribution in [1.29, 1.82) is 0 Å². The molecule has 0 amide bonds. The molecule has 0 saturated carbocycles. The van der Waals surface area contributed by atoms with E-state index in [0.717, 1.165) is 12.0 Å². The molecular formula is C9H18N2. The van der Waals surface area contributed by atoms with Crippen molar-refractivity contribution in [2.45, 2.75) is 31.7 Å². The molecule has 11 heavy (non-hydrogen) atoms. The first-order valence-electron chi connectivity index (χ1n) is 4.91. The molecule has 2 saturated heterocycles. The van der Waals surface area contributed by atoms with Crippen LogP contribution in [0, 0.1) is 5.92 Å². The van der Waals surface area contributed by atoms with E-state index < -0.39 is 0 Å². The number of hydrogen-bond acceptors (Lipinski definition) is 2. The van der Waals surface area contributed by atoms with Gasteiger partial charge in [0, 0.05) is 6.04 Å². The SMILES string of the molecule is C1CNC[C@H]([C@H]2CCCN2)C1. The molecule has 2 fully saturated rings. The summed E-state index contributed by atoms with van der Waals surface area (Å²) >= 11 is 0. The van der Waals surface area contributed by atoms with Crippen LogP contribution in [0.4, 0.5) is 0 Å². The predicted octanol–water partition coefficient (Wildman–Crippen LogP) is 0.738. The summed E-state index contributed by atoms with van der Waals surface area (Å²) in [4.78, 5) is 0. The van der Waals surface area contributed by atoms with Crippen LogP contribution in [0.2, 0.25) is 0 Å². The van der Waals surface area contributed by atoms with Gasteiger partial charge in [-0.05, 0) is 51.2 Å². The van der Waals surface area contributed by atoms with Gasteiger partial charge in [0.05, 0.1) is 0 Å². The standard InChI is InChI=1S/C9H18N2/c1-3-8(7-10-5-1)9-4-2-6-11-9/h8-11H,1-7H2/t8-,9-/m1/s1. The van der Waals surface area contributed by atoms with Gasteiger partial charge in [-0.15, -0.1) is 0 Å². The molecule has 0 aromatic rings. The molecule has 2 atom stereocenters. The summed E-state index contributed by atoms with van der Waals surface area (Å²) in [6.45, 7) is 3.74. The van der Waals surface area contributed by atoms with E-state index in [4.69, 9.17) is 0 Å². The fourth-order valence-corrected chi connectivity index (χ4v) is 2.34. The van der Waals surface area contributed by atoms with Crippen LogP contribution in [0.15, 0.2) is 0 Å². The van der Waals surface area contributed by atoms with Crippen molar-refractivity contribution in [1.82, 2.24) is 10.6 Å². The molecule has 2 nitrogen and oxygen atoms in total. The van der Waals surface area contributed by atoms with Crippen molar-refractivity contribution in [2.75, 3.05) is 19.6 Å². The monoisotopic (exact) mass is 154 g/mol. The molecule has 2 heterocycles. The molecular weight excluding hydrogens is 136 g/mol. The smallest absolute Gasteiger partial charge is 0.0108 e. The first-order chi connectivity index (χ1) is 5.47. The minimum Gasteiger partial charge on any atom is -0.316 e. The molecule has 2 aliphatic rings. The Hall–Kier alpha value is -0.0800. The Balaban J connectivity index is 1.82. The van der Waals surface area contributed by atoms with Crippen LogP contribution in [-0.4, -0.2) is 25.7 Å². The van der Waals surface area contributed by atoms with Gasteiger partial charge < -0.3 is 10.6 Å². The zero-order valence-corrected chi connectivity index (χ0v) is 7.10. The lowest BCUT2D eigenvalue weighted by molar-refractivity contribution is 0.304. The normalized spacial score (nSPS) is 39.3. The maximum atomic E-state index is 3.59. The van der Waals surface area contributed by atoms with Crippen molar-refractivity contribution in [3.8, 4) is 0 Å². The summed E-state index contributed by atoms with van der Waals surface area (Å²) in [6.07, 6.45) is 5.61. The Bertz CT molecular complexity index is 113. The van der Waals surface area contributed by atoms with Gasteiger partial charge >= 0.3 is 0 Å². The van der Waals surface area contributed by atoms with Crippen LogP contribution < -0.4 is 10.6 Å². The maximum absolute atomic E-state index is 3.59.